The van der Waals surface area contributed by atoms with Gasteiger partial charge in [0.15, 0.2) is 0 Å². The second-order valence-electron chi connectivity index (χ2n) is 5.76. The van der Waals surface area contributed by atoms with Crippen LogP contribution in [0.25, 0.3) is 5.78 Å². The van der Waals surface area contributed by atoms with E-state index in [0.29, 0.717) is 11.3 Å². The molecule has 2 aliphatic rings. The summed E-state index contributed by atoms with van der Waals surface area (Å²) >= 11 is 0. The quantitative estimate of drug-likeness (QED) is 0.628. The molecule has 1 amide bonds. The van der Waals surface area contributed by atoms with Crippen LogP contribution in [0.5, 0.6) is 0 Å². The van der Waals surface area contributed by atoms with E-state index in [1.807, 2.05) is 11.0 Å². The summed E-state index contributed by atoms with van der Waals surface area (Å²) in [6.07, 6.45) is 4.78. The Kier molecular flexibility index (Phi) is 2.22. The first kappa shape index (κ1) is 11.9. The number of aromatic nitrogens is 4. The molecule has 1 aromatic carbocycles. The highest BCUT2D eigenvalue weighted by Crippen LogP contribution is 2.37. The van der Waals surface area contributed by atoms with Crippen molar-refractivity contribution in [2.24, 2.45) is 0 Å². The van der Waals surface area contributed by atoms with E-state index >= 15 is 0 Å². The lowest BCUT2D eigenvalue weighted by Crippen LogP contribution is -2.45. The zero-order valence-corrected chi connectivity index (χ0v) is 11.8. The number of hydrogen-bond acceptors (Lipinski definition) is 4. The van der Waals surface area contributed by atoms with Crippen LogP contribution in [0.4, 0.5) is 0 Å². The van der Waals surface area contributed by atoms with E-state index in [0.717, 1.165) is 25.1 Å². The van der Waals surface area contributed by atoms with Crippen LogP contribution in [0.1, 0.15) is 33.2 Å². The third-order valence-electron chi connectivity index (χ3n) is 4.70. The van der Waals surface area contributed by atoms with E-state index in [2.05, 4.69) is 33.3 Å². The minimum atomic E-state index is 0.0469. The third-order valence-corrected chi connectivity index (χ3v) is 4.70. The maximum atomic E-state index is 12.9. The van der Waals surface area contributed by atoms with E-state index in [4.69, 9.17) is 0 Å². The molecule has 0 fully saturated rings. The van der Waals surface area contributed by atoms with Crippen LogP contribution >= 0.6 is 0 Å². The minimum Gasteiger partial charge on any atom is -0.331 e. The van der Waals surface area contributed by atoms with Gasteiger partial charge in [-0.05, 0) is 17.5 Å². The molecule has 0 bridgehead atoms. The number of carbonyl (C=O) groups is 1. The van der Waals surface area contributed by atoms with E-state index in [1.54, 1.807) is 10.7 Å². The van der Waals surface area contributed by atoms with Crippen LogP contribution in [0, 0.1) is 0 Å². The Balaban J connectivity index is 1.73. The molecule has 0 saturated heterocycles. The lowest BCUT2D eigenvalue weighted by atomic mass is 9.86. The van der Waals surface area contributed by atoms with E-state index in [-0.39, 0.29) is 11.9 Å². The van der Waals surface area contributed by atoms with E-state index < -0.39 is 0 Å². The van der Waals surface area contributed by atoms with Crippen molar-refractivity contribution in [3.63, 3.8) is 0 Å². The summed E-state index contributed by atoms with van der Waals surface area (Å²) in [5, 5.41) is 4.23. The Bertz CT molecular complexity index is 916. The number of benzene rings is 1. The van der Waals surface area contributed by atoms with Crippen molar-refractivity contribution >= 4 is 11.7 Å². The molecule has 0 radical (unpaired) electrons. The fourth-order valence-electron chi connectivity index (χ4n) is 3.65. The maximum Gasteiger partial charge on any atom is 0.257 e. The van der Waals surface area contributed by atoms with Crippen molar-refractivity contribution in [3.05, 3.63) is 59.2 Å². The molecule has 4 heterocycles. The monoisotopic (exact) mass is 291 g/mol. The predicted molar refractivity (Wildman–Crippen MR) is 78.4 cm³/mol. The maximum absolute atomic E-state index is 12.9. The highest BCUT2D eigenvalue weighted by molar-refractivity contribution is 5.96. The molecule has 2 aromatic heterocycles. The van der Waals surface area contributed by atoms with Crippen molar-refractivity contribution in [1.82, 2.24) is 24.5 Å². The molecule has 0 unspecified atom stereocenters. The van der Waals surface area contributed by atoms with Gasteiger partial charge in [0.2, 0.25) is 0 Å². The molecule has 3 aromatic rings. The Morgan fingerprint density at radius 3 is 3.05 bits per heavy atom. The van der Waals surface area contributed by atoms with Crippen LogP contribution in [0.3, 0.4) is 0 Å². The van der Waals surface area contributed by atoms with Crippen molar-refractivity contribution in [2.45, 2.75) is 18.9 Å². The van der Waals surface area contributed by atoms with Crippen molar-refractivity contribution in [2.75, 3.05) is 6.54 Å². The van der Waals surface area contributed by atoms with Crippen molar-refractivity contribution < 1.29 is 4.79 Å². The number of rotatable bonds is 0. The first-order valence-electron chi connectivity index (χ1n) is 7.39. The Labute approximate surface area is 126 Å². The molecule has 6 nitrogen and oxygen atoms in total. The van der Waals surface area contributed by atoms with Crippen LogP contribution in [0.15, 0.2) is 36.8 Å². The second kappa shape index (κ2) is 4.13. The van der Waals surface area contributed by atoms with Gasteiger partial charge in [-0.2, -0.15) is 10.1 Å². The van der Waals surface area contributed by atoms with Crippen LogP contribution < -0.4 is 0 Å². The van der Waals surface area contributed by atoms with Crippen LogP contribution in [0.2, 0.25) is 0 Å². The number of fused-ring (bicyclic) bond motifs is 6. The second-order valence-corrected chi connectivity index (χ2v) is 5.76. The molecule has 0 saturated carbocycles. The fourth-order valence-corrected chi connectivity index (χ4v) is 3.65. The predicted octanol–water partition coefficient (Wildman–Crippen LogP) is 1.42. The highest BCUT2D eigenvalue weighted by Gasteiger charge is 2.38. The SMILES string of the molecule is O=C1c2cnc3ncnn3c2C[C@H]2c3ccccc3CCN12. The van der Waals surface area contributed by atoms with Gasteiger partial charge in [0, 0.05) is 19.2 Å². The van der Waals surface area contributed by atoms with Crippen molar-refractivity contribution in [1.29, 1.82) is 0 Å². The first-order valence-corrected chi connectivity index (χ1v) is 7.39. The average Bonchev–Trinajstić information content (AvgIpc) is 3.04. The molecule has 0 spiro atoms. The third kappa shape index (κ3) is 1.44. The largest absolute Gasteiger partial charge is 0.331 e. The van der Waals surface area contributed by atoms with Gasteiger partial charge in [-0.1, -0.05) is 24.3 Å². The smallest absolute Gasteiger partial charge is 0.257 e. The van der Waals surface area contributed by atoms with Gasteiger partial charge >= 0.3 is 0 Å². The minimum absolute atomic E-state index is 0.0469. The molecule has 2 aliphatic heterocycles. The zero-order chi connectivity index (χ0) is 14.7. The normalized spacial score (nSPS) is 19.7. The summed E-state index contributed by atoms with van der Waals surface area (Å²) in [7, 11) is 0. The topological polar surface area (TPSA) is 63.4 Å². The van der Waals surface area contributed by atoms with Crippen LogP contribution in [-0.2, 0) is 12.8 Å². The molecule has 6 heteroatoms. The van der Waals surface area contributed by atoms with Gasteiger partial charge in [-0.25, -0.2) is 9.50 Å². The summed E-state index contributed by atoms with van der Waals surface area (Å²) in [5.41, 5.74) is 4.14. The molecular weight excluding hydrogens is 278 g/mol. The molecule has 0 aliphatic carbocycles. The van der Waals surface area contributed by atoms with Gasteiger partial charge in [-0.15, -0.1) is 0 Å². The molecule has 108 valence electrons. The van der Waals surface area contributed by atoms with E-state index in [9.17, 15) is 4.79 Å². The summed E-state index contributed by atoms with van der Waals surface area (Å²) in [5.74, 6) is 0.592. The van der Waals surface area contributed by atoms with Gasteiger partial charge in [-0.3, -0.25) is 4.79 Å². The summed E-state index contributed by atoms with van der Waals surface area (Å²) in [4.78, 5) is 23.2. The van der Waals surface area contributed by atoms with Gasteiger partial charge in [0.05, 0.1) is 17.3 Å². The number of nitrogens with zero attached hydrogens (tertiary/aromatic N) is 5. The summed E-state index contributed by atoms with van der Waals surface area (Å²) in [6.45, 7) is 0.759. The lowest BCUT2D eigenvalue weighted by Gasteiger charge is -2.40. The van der Waals surface area contributed by atoms with Gasteiger partial charge < -0.3 is 4.90 Å². The highest BCUT2D eigenvalue weighted by atomic mass is 16.2. The Morgan fingerprint density at radius 2 is 2.09 bits per heavy atom. The van der Waals surface area contributed by atoms with Gasteiger partial charge in [0.1, 0.15) is 6.33 Å². The summed E-state index contributed by atoms with van der Waals surface area (Å²) < 4.78 is 1.70. The van der Waals surface area contributed by atoms with Crippen molar-refractivity contribution in [3.8, 4) is 0 Å². The first-order chi connectivity index (χ1) is 10.8. The summed E-state index contributed by atoms with van der Waals surface area (Å²) in [6, 6.07) is 8.47. The lowest BCUT2D eigenvalue weighted by molar-refractivity contribution is 0.0626. The molecule has 1 atom stereocenters. The molecule has 0 N–H and O–H groups in total. The standard InChI is InChI=1S/C16H13N5O/c22-15-12-8-17-16-18-9-19-21(16)14(12)7-13-11-4-2-1-3-10(11)5-6-20(13)15/h1-4,8-9,13H,5-7H2/t13-/m0/s1. The zero-order valence-electron chi connectivity index (χ0n) is 11.8. The Hall–Kier alpha value is -2.76. The number of carbonyl (C=O) groups excluding carboxylic acids is 1. The van der Waals surface area contributed by atoms with Crippen LogP contribution in [-0.4, -0.2) is 36.9 Å². The molecule has 22 heavy (non-hydrogen) atoms. The Morgan fingerprint density at radius 1 is 1.18 bits per heavy atom. The van der Waals surface area contributed by atoms with E-state index in [1.165, 1.54) is 17.5 Å². The van der Waals surface area contributed by atoms with Gasteiger partial charge in [0.25, 0.3) is 11.7 Å². The molecule has 5 rings (SSSR count). The number of amides is 1. The average molecular weight is 291 g/mol. The fraction of sp³-hybridized carbons (Fsp3) is 0.250. The number of hydrogen-bond donors (Lipinski definition) is 0. The molecular formula is C16H13N5O.